The lowest BCUT2D eigenvalue weighted by Crippen LogP contribution is -2.37. The molecule has 1 N–H and O–H groups in total. The lowest BCUT2D eigenvalue weighted by molar-refractivity contribution is -0.119. The highest BCUT2D eigenvalue weighted by Gasteiger charge is 2.22. The summed E-state index contributed by atoms with van der Waals surface area (Å²) in [5, 5.41) is 11.1. The minimum atomic E-state index is -3.58. The number of nitrogens with zero attached hydrogens (tertiary/aromatic N) is 3. The minimum absolute atomic E-state index is 0.0804. The molecule has 0 radical (unpaired) electrons. The van der Waals surface area contributed by atoms with Gasteiger partial charge in [-0.25, -0.2) is 8.42 Å². The van der Waals surface area contributed by atoms with Gasteiger partial charge in [0.15, 0.2) is 0 Å². The van der Waals surface area contributed by atoms with E-state index in [0.29, 0.717) is 24.6 Å². The Morgan fingerprint density at radius 1 is 1.21 bits per heavy atom. The summed E-state index contributed by atoms with van der Waals surface area (Å²) in [6.45, 7) is 10.4. The number of aromatic nitrogens is 2. The average Bonchev–Trinajstić information content (AvgIpc) is 3.16. The number of benzene rings is 1. The van der Waals surface area contributed by atoms with Crippen molar-refractivity contribution in [3.05, 3.63) is 24.3 Å². The Morgan fingerprint density at radius 3 is 2.52 bits per heavy atom. The van der Waals surface area contributed by atoms with E-state index >= 15 is 0 Å². The summed E-state index contributed by atoms with van der Waals surface area (Å²) >= 11 is 1.14. The van der Waals surface area contributed by atoms with Crippen LogP contribution in [-0.2, 0) is 14.8 Å². The molecule has 160 valence electrons. The molecule has 0 aliphatic rings. The van der Waals surface area contributed by atoms with Crippen LogP contribution in [0.4, 0.5) is 0 Å². The molecular weight excluding hydrogens is 412 g/mol. The average molecular weight is 441 g/mol. The number of carbonyl (C=O) groups is 1. The quantitative estimate of drug-likeness (QED) is 0.566. The number of rotatable bonds is 10. The third-order valence-corrected chi connectivity index (χ3v) is 7.41. The molecule has 1 heterocycles. The maximum absolute atomic E-state index is 12.7. The van der Waals surface area contributed by atoms with Crippen LogP contribution in [-0.4, -0.2) is 53.7 Å². The highest BCUT2D eigenvalue weighted by molar-refractivity contribution is 7.99. The Kier molecular flexibility index (Phi) is 8.23. The third kappa shape index (κ3) is 6.03. The van der Waals surface area contributed by atoms with Crippen molar-refractivity contribution in [1.82, 2.24) is 19.8 Å². The standard InChI is InChI=1S/C19H28N4O4S2/c1-6-23(7-2)29(25,26)16-10-8-9-15(11-16)18-21-22-19(27-18)28-12-17(24)20-14(5)13(3)4/h8-11,13-14H,6-7,12H2,1-5H3,(H,20,24)/t14-/m0/s1. The fourth-order valence-corrected chi connectivity index (χ4v) is 4.56. The predicted molar refractivity (Wildman–Crippen MR) is 113 cm³/mol. The number of carbonyl (C=O) groups excluding carboxylic acids is 1. The molecule has 10 heteroatoms. The first-order valence-electron chi connectivity index (χ1n) is 9.55. The van der Waals surface area contributed by atoms with Gasteiger partial charge in [0.1, 0.15) is 0 Å². The molecule has 1 atom stereocenters. The van der Waals surface area contributed by atoms with Gasteiger partial charge in [-0.2, -0.15) is 4.31 Å². The Balaban J connectivity index is 2.10. The molecule has 0 unspecified atom stereocenters. The summed E-state index contributed by atoms with van der Waals surface area (Å²) < 4.78 is 32.4. The van der Waals surface area contributed by atoms with E-state index in [1.807, 2.05) is 20.8 Å². The molecule has 1 aromatic heterocycles. The van der Waals surface area contributed by atoms with Crippen molar-refractivity contribution in [2.75, 3.05) is 18.8 Å². The molecule has 1 aromatic carbocycles. The Labute approximate surface area is 176 Å². The van der Waals surface area contributed by atoms with Gasteiger partial charge < -0.3 is 9.73 Å². The van der Waals surface area contributed by atoms with Crippen molar-refractivity contribution in [3.8, 4) is 11.5 Å². The normalized spacial score (nSPS) is 13.1. The van der Waals surface area contributed by atoms with Crippen molar-refractivity contribution in [1.29, 1.82) is 0 Å². The molecule has 1 amide bonds. The van der Waals surface area contributed by atoms with E-state index in [4.69, 9.17) is 4.42 Å². The van der Waals surface area contributed by atoms with Crippen LogP contribution in [0.5, 0.6) is 0 Å². The Bertz CT molecular complexity index is 924. The number of nitrogens with one attached hydrogen (secondary N) is 1. The van der Waals surface area contributed by atoms with E-state index in [2.05, 4.69) is 15.5 Å². The second-order valence-electron chi connectivity index (χ2n) is 6.88. The van der Waals surface area contributed by atoms with Gasteiger partial charge in [0, 0.05) is 24.7 Å². The predicted octanol–water partition coefficient (Wildman–Crippen LogP) is 3.02. The zero-order chi connectivity index (χ0) is 21.6. The van der Waals surface area contributed by atoms with E-state index < -0.39 is 10.0 Å². The van der Waals surface area contributed by atoms with E-state index in [1.165, 1.54) is 10.4 Å². The second kappa shape index (κ2) is 10.2. The topological polar surface area (TPSA) is 105 Å². The van der Waals surface area contributed by atoms with Gasteiger partial charge in [-0.05, 0) is 31.0 Å². The molecule has 0 saturated carbocycles. The molecular formula is C19H28N4O4S2. The lowest BCUT2D eigenvalue weighted by atomic mass is 10.1. The molecule has 0 aliphatic heterocycles. The van der Waals surface area contributed by atoms with Crippen molar-refractivity contribution in [2.24, 2.45) is 5.92 Å². The number of hydrogen-bond donors (Lipinski definition) is 1. The molecule has 0 saturated heterocycles. The van der Waals surface area contributed by atoms with Crippen LogP contribution >= 0.6 is 11.8 Å². The van der Waals surface area contributed by atoms with Gasteiger partial charge in [-0.1, -0.05) is 45.5 Å². The van der Waals surface area contributed by atoms with E-state index in [1.54, 1.807) is 32.0 Å². The van der Waals surface area contributed by atoms with Crippen molar-refractivity contribution in [3.63, 3.8) is 0 Å². The van der Waals surface area contributed by atoms with Crippen LogP contribution in [0.1, 0.15) is 34.6 Å². The van der Waals surface area contributed by atoms with Crippen LogP contribution in [0, 0.1) is 5.92 Å². The first-order chi connectivity index (χ1) is 13.7. The molecule has 0 fully saturated rings. The summed E-state index contributed by atoms with van der Waals surface area (Å²) in [6, 6.07) is 6.50. The van der Waals surface area contributed by atoms with Crippen molar-refractivity contribution < 1.29 is 17.6 Å². The van der Waals surface area contributed by atoms with Gasteiger partial charge in [0.25, 0.3) is 5.22 Å². The molecule has 2 rings (SSSR count). The zero-order valence-corrected chi connectivity index (χ0v) is 19.0. The molecule has 0 bridgehead atoms. The summed E-state index contributed by atoms with van der Waals surface area (Å²) in [7, 11) is -3.58. The second-order valence-corrected chi connectivity index (χ2v) is 9.74. The number of hydrogen-bond acceptors (Lipinski definition) is 7. The van der Waals surface area contributed by atoms with Crippen LogP contribution in [0.15, 0.2) is 38.8 Å². The highest BCUT2D eigenvalue weighted by Crippen LogP contribution is 2.26. The summed E-state index contributed by atoms with van der Waals surface area (Å²) in [6.07, 6.45) is 0. The highest BCUT2D eigenvalue weighted by atomic mass is 32.2. The van der Waals surface area contributed by atoms with Crippen LogP contribution in [0.2, 0.25) is 0 Å². The van der Waals surface area contributed by atoms with E-state index in [0.717, 1.165) is 11.8 Å². The minimum Gasteiger partial charge on any atom is -0.411 e. The summed E-state index contributed by atoms with van der Waals surface area (Å²) in [5.41, 5.74) is 0.510. The number of sulfonamides is 1. The number of amides is 1. The van der Waals surface area contributed by atoms with E-state index in [-0.39, 0.29) is 33.7 Å². The molecule has 2 aromatic rings. The molecule has 8 nitrogen and oxygen atoms in total. The molecule has 0 spiro atoms. The fraction of sp³-hybridized carbons (Fsp3) is 0.526. The maximum atomic E-state index is 12.7. The van der Waals surface area contributed by atoms with Gasteiger partial charge in [-0.3, -0.25) is 4.79 Å². The van der Waals surface area contributed by atoms with Crippen molar-refractivity contribution >= 4 is 27.7 Å². The largest absolute Gasteiger partial charge is 0.411 e. The SMILES string of the molecule is CCN(CC)S(=O)(=O)c1cccc(-c2nnc(SCC(=O)N[C@@H](C)C(C)C)o2)c1. The zero-order valence-electron chi connectivity index (χ0n) is 17.4. The first-order valence-corrected chi connectivity index (χ1v) is 12.0. The number of thioether (sulfide) groups is 1. The monoisotopic (exact) mass is 440 g/mol. The first kappa shape index (κ1) is 23.4. The summed E-state index contributed by atoms with van der Waals surface area (Å²) in [5.74, 6) is 0.608. The van der Waals surface area contributed by atoms with E-state index in [9.17, 15) is 13.2 Å². The smallest absolute Gasteiger partial charge is 0.277 e. The van der Waals surface area contributed by atoms with Crippen LogP contribution < -0.4 is 5.32 Å². The van der Waals surface area contributed by atoms with Crippen molar-refractivity contribution in [2.45, 2.75) is 50.8 Å². The summed E-state index contributed by atoms with van der Waals surface area (Å²) in [4.78, 5) is 12.2. The Hall–Kier alpha value is -1.91. The van der Waals surface area contributed by atoms with Gasteiger partial charge >= 0.3 is 0 Å². The molecule has 29 heavy (non-hydrogen) atoms. The Morgan fingerprint density at radius 2 is 1.90 bits per heavy atom. The molecule has 0 aliphatic carbocycles. The van der Waals surface area contributed by atoms with Crippen LogP contribution in [0.3, 0.4) is 0 Å². The third-order valence-electron chi connectivity index (χ3n) is 4.55. The van der Waals surface area contributed by atoms with Gasteiger partial charge in [-0.15, -0.1) is 10.2 Å². The maximum Gasteiger partial charge on any atom is 0.277 e. The van der Waals surface area contributed by atoms with Gasteiger partial charge in [0.05, 0.1) is 10.6 Å². The van der Waals surface area contributed by atoms with Crippen LogP contribution in [0.25, 0.3) is 11.5 Å². The lowest BCUT2D eigenvalue weighted by Gasteiger charge is -2.18. The fourth-order valence-electron chi connectivity index (χ4n) is 2.48. The van der Waals surface area contributed by atoms with Gasteiger partial charge in [0.2, 0.25) is 21.8 Å².